The highest BCUT2D eigenvalue weighted by Gasteiger charge is 2.27. The van der Waals surface area contributed by atoms with E-state index in [2.05, 4.69) is 191 Å². The largest absolute Gasteiger partial charge is 0.456 e. The summed E-state index contributed by atoms with van der Waals surface area (Å²) in [4.78, 5) is 16.6. The lowest BCUT2D eigenvalue weighted by Gasteiger charge is -2.17. The Hall–Kier alpha value is -9.33. The van der Waals surface area contributed by atoms with E-state index in [1.54, 1.807) is 0 Å². The number of para-hydroxylation sites is 7. The summed E-state index contributed by atoms with van der Waals surface area (Å²) >= 11 is 0. The topological polar surface area (TPSA) is 74.8 Å². The molecular weight excluding hydrogens is 835 g/mol. The molecule has 0 aliphatic rings. The summed E-state index contributed by atoms with van der Waals surface area (Å²) in [6, 6.07) is 74.3. The van der Waals surface area contributed by atoms with Gasteiger partial charge in [0.2, 0.25) is 0 Å². The predicted octanol–water partition coefficient (Wildman–Crippen LogP) is 16.0. The van der Waals surface area contributed by atoms with Gasteiger partial charge >= 0.3 is 0 Å². The highest BCUT2D eigenvalue weighted by Crippen LogP contribution is 2.45. The van der Waals surface area contributed by atoms with Crippen LogP contribution in [0.5, 0.6) is 0 Å². The number of hydrogen-bond donors (Lipinski definition) is 0. The minimum absolute atomic E-state index is 0.505. The second-order valence-corrected chi connectivity index (χ2v) is 17.5. The fraction of sp³-hybridized carbons (Fsp3) is 0. The van der Waals surface area contributed by atoms with Crippen LogP contribution in [0.1, 0.15) is 0 Å². The molecule has 0 N–H and O–H groups in total. The van der Waals surface area contributed by atoms with Crippen LogP contribution in [0.2, 0.25) is 0 Å². The van der Waals surface area contributed by atoms with Crippen molar-refractivity contribution in [1.82, 2.24) is 24.1 Å². The van der Waals surface area contributed by atoms with Gasteiger partial charge in [-0.25, -0.2) is 15.0 Å². The minimum Gasteiger partial charge on any atom is -0.456 e. The Morgan fingerprint density at radius 3 is 1.66 bits per heavy atom. The van der Waals surface area contributed by atoms with Crippen molar-refractivity contribution in [2.75, 3.05) is 0 Å². The van der Waals surface area contributed by atoms with Gasteiger partial charge < -0.3 is 18.0 Å². The standard InChI is InChI=1S/C61H35N5O2/c1-2-18-38(19-3-1)65-49-28-10-6-20-39(49)42-24-14-26-45(56(42)65)59-62-60(64-61(63-59)47-27-15-25-43-41-22-8-12-30-52(41)68-58(43)47)46-32-33-54-55(44-23-9-13-31-53(44)67-54)57(46)66-50-29-11-7-21-40(50)48-34-36-16-4-5-17-37(36)35-51(48)66/h1-35H. The smallest absolute Gasteiger partial charge is 0.167 e. The van der Waals surface area contributed by atoms with E-state index in [-0.39, 0.29) is 0 Å². The van der Waals surface area contributed by atoms with Crippen LogP contribution >= 0.6 is 0 Å². The molecule has 0 saturated carbocycles. The van der Waals surface area contributed by atoms with E-state index in [0.717, 1.165) is 121 Å². The van der Waals surface area contributed by atoms with Gasteiger partial charge in [-0.05, 0) is 83.6 Å². The van der Waals surface area contributed by atoms with Crippen molar-refractivity contribution >= 4 is 98.3 Å². The van der Waals surface area contributed by atoms with Crippen LogP contribution in [0.4, 0.5) is 0 Å². The molecule has 7 nitrogen and oxygen atoms in total. The Labute approximate surface area is 387 Å². The van der Waals surface area contributed by atoms with Crippen LogP contribution in [0.15, 0.2) is 221 Å². The summed E-state index contributed by atoms with van der Waals surface area (Å²) < 4.78 is 18.1. The molecule has 0 amide bonds. The molecule has 0 spiro atoms. The first kappa shape index (κ1) is 36.9. The number of fused-ring (bicyclic) bond motifs is 13. The van der Waals surface area contributed by atoms with E-state index in [1.165, 1.54) is 5.39 Å². The zero-order chi connectivity index (χ0) is 44.5. The first-order valence-electron chi connectivity index (χ1n) is 22.9. The van der Waals surface area contributed by atoms with Crippen molar-refractivity contribution in [3.05, 3.63) is 212 Å². The number of furan rings is 2. The Balaban J connectivity index is 1.10. The average Bonchev–Trinajstić information content (AvgIpc) is 4.16. The average molecular weight is 870 g/mol. The molecule has 0 fully saturated rings. The normalized spacial score (nSPS) is 12.1. The number of rotatable bonds is 5. The van der Waals surface area contributed by atoms with Gasteiger partial charge in [-0.1, -0.05) is 140 Å². The molecule has 0 aliphatic carbocycles. The Morgan fingerprint density at radius 1 is 0.324 bits per heavy atom. The zero-order valence-corrected chi connectivity index (χ0v) is 36.3. The van der Waals surface area contributed by atoms with Crippen molar-refractivity contribution < 1.29 is 8.83 Å². The summed E-state index contributed by atoms with van der Waals surface area (Å²) in [5, 5.41) is 10.9. The van der Waals surface area contributed by atoms with Crippen molar-refractivity contribution in [1.29, 1.82) is 0 Å². The van der Waals surface area contributed by atoms with E-state index in [4.69, 9.17) is 23.8 Å². The zero-order valence-electron chi connectivity index (χ0n) is 36.3. The Kier molecular flexibility index (Phi) is 7.65. The van der Waals surface area contributed by atoms with Crippen molar-refractivity contribution in [3.63, 3.8) is 0 Å². The van der Waals surface area contributed by atoms with E-state index in [1.807, 2.05) is 30.3 Å². The van der Waals surface area contributed by atoms with Crippen molar-refractivity contribution in [2.45, 2.75) is 0 Å². The molecule has 0 radical (unpaired) electrons. The summed E-state index contributed by atoms with van der Waals surface area (Å²) in [6.07, 6.45) is 0. The lowest BCUT2D eigenvalue weighted by Crippen LogP contribution is -2.05. The van der Waals surface area contributed by atoms with Crippen molar-refractivity contribution in [3.8, 4) is 45.5 Å². The van der Waals surface area contributed by atoms with Crippen LogP contribution in [-0.4, -0.2) is 24.1 Å². The second-order valence-electron chi connectivity index (χ2n) is 17.5. The molecule has 5 heterocycles. The van der Waals surface area contributed by atoms with Crippen LogP contribution in [-0.2, 0) is 0 Å². The van der Waals surface area contributed by atoms with Gasteiger partial charge in [-0.3, -0.25) is 0 Å². The van der Waals surface area contributed by atoms with Crippen molar-refractivity contribution in [2.24, 2.45) is 0 Å². The molecular formula is C61H35N5O2. The minimum atomic E-state index is 0.505. The third-order valence-corrected chi connectivity index (χ3v) is 13.8. The number of aromatic nitrogens is 5. The van der Waals surface area contributed by atoms with E-state index in [0.29, 0.717) is 17.5 Å². The van der Waals surface area contributed by atoms with Crippen LogP contribution < -0.4 is 0 Å². The summed E-state index contributed by atoms with van der Waals surface area (Å²) in [7, 11) is 0. The lowest BCUT2D eigenvalue weighted by molar-refractivity contribution is 0.669. The van der Waals surface area contributed by atoms with Gasteiger partial charge in [0.25, 0.3) is 0 Å². The molecule has 0 unspecified atom stereocenters. The van der Waals surface area contributed by atoms with Gasteiger partial charge in [-0.2, -0.15) is 0 Å². The molecule has 0 saturated heterocycles. The summed E-state index contributed by atoms with van der Waals surface area (Å²) in [5.74, 6) is 1.57. The molecule has 7 heteroatoms. The van der Waals surface area contributed by atoms with Crippen LogP contribution in [0.3, 0.4) is 0 Å². The molecule has 5 aromatic heterocycles. The molecule has 0 atom stereocenters. The summed E-state index contributed by atoms with van der Waals surface area (Å²) in [5.41, 5.74) is 11.8. The maximum atomic E-state index is 6.70. The van der Waals surface area contributed by atoms with Gasteiger partial charge in [0.15, 0.2) is 17.5 Å². The Morgan fingerprint density at radius 2 is 0.882 bits per heavy atom. The van der Waals surface area contributed by atoms with Crippen LogP contribution in [0.25, 0.3) is 144 Å². The molecule has 0 aliphatic heterocycles. The second kappa shape index (κ2) is 14.1. The van der Waals surface area contributed by atoms with Gasteiger partial charge in [0, 0.05) is 54.5 Å². The number of hydrogen-bond acceptors (Lipinski definition) is 5. The fourth-order valence-electron chi connectivity index (χ4n) is 10.8. The molecule has 15 rings (SSSR count). The van der Waals surface area contributed by atoms with E-state index >= 15 is 0 Å². The predicted molar refractivity (Wildman–Crippen MR) is 277 cm³/mol. The lowest BCUT2D eigenvalue weighted by atomic mass is 10.0. The number of benzene rings is 10. The van der Waals surface area contributed by atoms with Gasteiger partial charge in [-0.15, -0.1) is 0 Å². The highest BCUT2D eigenvalue weighted by molar-refractivity contribution is 6.19. The monoisotopic (exact) mass is 869 g/mol. The third-order valence-electron chi connectivity index (χ3n) is 13.8. The maximum absolute atomic E-state index is 6.70. The molecule has 316 valence electrons. The molecule has 68 heavy (non-hydrogen) atoms. The Bertz CT molecular complexity index is 4570. The number of nitrogens with zero attached hydrogens (tertiary/aromatic N) is 5. The van der Waals surface area contributed by atoms with Gasteiger partial charge in [0.05, 0.1) is 38.7 Å². The maximum Gasteiger partial charge on any atom is 0.167 e. The van der Waals surface area contributed by atoms with Crippen LogP contribution in [0, 0.1) is 0 Å². The molecule has 10 aromatic carbocycles. The SMILES string of the molecule is c1ccc(-n2c3ccccc3c3cccc(-c4nc(-c5ccc6oc7ccccc7c6c5-n5c6ccccc6c6cc7ccccc7cc65)nc(-c5cccc6c5oc5ccccc56)n4)c32)cc1. The third kappa shape index (κ3) is 5.26. The first-order valence-corrected chi connectivity index (χ1v) is 22.9. The van der Waals surface area contributed by atoms with E-state index in [9.17, 15) is 0 Å². The quantitative estimate of drug-likeness (QED) is 0.172. The summed E-state index contributed by atoms with van der Waals surface area (Å²) in [6.45, 7) is 0. The van der Waals surface area contributed by atoms with E-state index < -0.39 is 0 Å². The van der Waals surface area contributed by atoms with Gasteiger partial charge in [0.1, 0.15) is 22.3 Å². The molecule has 0 bridgehead atoms. The highest BCUT2D eigenvalue weighted by atomic mass is 16.3. The molecule has 15 aromatic rings. The fourth-order valence-corrected chi connectivity index (χ4v) is 10.8. The first-order chi connectivity index (χ1) is 33.7.